The Bertz CT molecular complexity index is 1640. The fraction of sp³-hybridized carbons (Fsp3) is 0.300. The minimum atomic E-state index is -1.37. The summed E-state index contributed by atoms with van der Waals surface area (Å²) in [5, 5.41) is 28.1. The molecule has 0 spiro atoms. The van der Waals surface area contributed by atoms with Crippen LogP contribution in [0.5, 0.6) is 0 Å². The molecule has 0 fully saturated rings. The van der Waals surface area contributed by atoms with Gasteiger partial charge in [-0.3, -0.25) is 19.2 Å². The monoisotopic (exact) mass is 590 g/mol. The first kappa shape index (κ1) is 30.8. The predicted molar refractivity (Wildman–Crippen MR) is 158 cm³/mol. The van der Waals surface area contributed by atoms with Crippen LogP contribution in [0.4, 0.5) is 0 Å². The number of carbonyl (C=O) groups is 5. The summed E-state index contributed by atoms with van der Waals surface area (Å²) in [6.07, 6.45) is 2.82. The van der Waals surface area contributed by atoms with Crippen LogP contribution in [0.2, 0.25) is 0 Å². The lowest BCUT2D eigenvalue weighted by molar-refractivity contribution is -0.143. The van der Waals surface area contributed by atoms with Crippen LogP contribution < -0.4 is 21.7 Å². The third kappa shape index (κ3) is 7.77. The lowest BCUT2D eigenvalue weighted by Crippen LogP contribution is -2.56. The van der Waals surface area contributed by atoms with Crippen LogP contribution in [-0.4, -0.2) is 74.0 Å². The molecule has 2 aromatic heterocycles. The molecular weight excluding hydrogens is 556 g/mol. The molecule has 0 saturated carbocycles. The number of fused-ring (bicyclic) bond motifs is 2. The molecule has 4 aromatic rings. The predicted octanol–water partition coefficient (Wildman–Crippen LogP) is 1.19. The van der Waals surface area contributed by atoms with Crippen LogP contribution in [0, 0.1) is 0 Å². The van der Waals surface area contributed by atoms with Crippen molar-refractivity contribution in [3.05, 3.63) is 72.1 Å². The maximum atomic E-state index is 13.1. The molecule has 0 aliphatic carbocycles. The quantitative estimate of drug-likeness (QED) is 0.106. The first-order valence-corrected chi connectivity index (χ1v) is 13.7. The van der Waals surface area contributed by atoms with E-state index >= 15 is 0 Å². The minimum Gasteiger partial charge on any atom is -0.481 e. The molecule has 0 saturated heterocycles. The number of nitrogens with two attached hydrogens (primary N) is 1. The number of rotatable bonds is 14. The maximum absolute atomic E-state index is 13.1. The third-order valence-electron chi connectivity index (χ3n) is 7.20. The zero-order chi connectivity index (χ0) is 31.1. The van der Waals surface area contributed by atoms with Gasteiger partial charge in [-0.05, 0) is 43.0 Å². The van der Waals surface area contributed by atoms with E-state index in [9.17, 15) is 29.1 Å². The number of hydrogen-bond donors (Lipinski definition) is 8. The van der Waals surface area contributed by atoms with E-state index in [2.05, 4.69) is 25.9 Å². The van der Waals surface area contributed by atoms with Crippen molar-refractivity contribution < 1.29 is 34.2 Å². The average Bonchev–Trinajstić information content (AvgIpc) is 3.58. The topological polar surface area (TPSA) is 219 Å². The van der Waals surface area contributed by atoms with E-state index < -0.39 is 60.2 Å². The Balaban J connectivity index is 1.38. The standard InChI is InChI=1S/C30H34N6O7/c1-16(34-28(40)21(31)12-17-14-32-22-8-4-2-6-19(17)22)27(39)35-24(10-11-26(37)38)29(41)36-25(30(42)43)13-18-15-33-23-9-5-3-7-20(18)23/h2-9,14-16,21,24-25,32-33H,10-13,31H2,1H3,(H,34,40)(H,35,39)(H,36,41)(H,37,38)(H,42,43). The molecule has 0 bridgehead atoms. The highest BCUT2D eigenvalue weighted by Gasteiger charge is 2.30. The SMILES string of the molecule is CC(NC(=O)C(N)Cc1c[nH]c2ccccc12)C(=O)NC(CCC(=O)O)C(=O)NC(Cc1c[nH]c2ccccc12)C(=O)O. The Labute approximate surface area is 246 Å². The number of hydrogen-bond acceptors (Lipinski definition) is 6. The number of aromatic amines is 2. The first-order chi connectivity index (χ1) is 20.5. The van der Waals surface area contributed by atoms with Gasteiger partial charge in [-0.2, -0.15) is 0 Å². The Morgan fingerprint density at radius 2 is 1.28 bits per heavy atom. The Morgan fingerprint density at radius 3 is 1.84 bits per heavy atom. The number of carboxylic acids is 2. The summed E-state index contributed by atoms with van der Waals surface area (Å²) in [7, 11) is 0. The fourth-order valence-corrected chi connectivity index (χ4v) is 4.84. The van der Waals surface area contributed by atoms with Gasteiger partial charge >= 0.3 is 11.9 Å². The third-order valence-corrected chi connectivity index (χ3v) is 7.20. The van der Waals surface area contributed by atoms with Crippen LogP contribution >= 0.6 is 0 Å². The zero-order valence-corrected chi connectivity index (χ0v) is 23.4. The molecule has 3 amide bonds. The van der Waals surface area contributed by atoms with Crippen molar-refractivity contribution in [3.8, 4) is 0 Å². The van der Waals surface area contributed by atoms with Gasteiger partial charge in [0.1, 0.15) is 18.1 Å². The number of amides is 3. The summed E-state index contributed by atoms with van der Waals surface area (Å²) in [5.41, 5.74) is 9.30. The number of carboxylic acid groups (broad SMARTS) is 2. The van der Waals surface area contributed by atoms with Gasteiger partial charge in [0.05, 0.1) is 6.04 Å². The Morgan fingerprint density at radius 1 is 0.744 bits per heavy atom. The van der Waals surface area contributed by atoms with Crippen molar-refractivity contribution in [1.82, 2.24) is 25.9 Å². The molecular formula is C30H34N6O7. The molecule has 4 unspecified atom stereocenters. The van der Waals surface area contributed by atoms with Gasteiger partial charge in [-0.1, -0.05) is 36.4 Å². The summed E-state index contributed by atoms with van der Waals surface area (Å²) >= 11 is 0. The van der Waals surface area contributed by atoms with Gasteiger partial charge in [0, 0.05) is 47.0 Å². The number of para-hydroxylation sites is 2. The molecule has 2 heterocycles. The van der Waals surface area contributed by atoms with Crippen molar-refractivity contribution in [2.24, 2.45) is 5.73 Å². The average molecular weight is 591 g/mol. The minimum absolute atomic E-state index is 0.0501. The highest BCUT2D eigenvalue weighted by molar-refractivity contribution is 5.94. The van der Waals surface area contributed by atoms with E-state index in [0.717, 1.165) is 27.4 Å². The van der Waals surface area contributed by atoms with Crippen LogP contribution in [0.1, 0.15) is 30.9 Å². The van der Waals surface area contributed by atoms with E-state index in [1.54, 1.807) is 18.5 Å². The highest BCUT2D eigenvalue weighted by Crippen LogP contribution is 2.20. The van der Waals surface area contributed by atoms with Gasteiger partial charge in [-0.25, -0.2) is 4.79 Å². The van der Waals surface area contributed by atoms with Crippen molar-refractivity contribution in [1.29, 1.82) is 0 Å². The normalized spacial score (nSPS) is 14.0. The fourth-order valence-electron chi connectivity index (χ4n) is 4.84. The highest BCUT2D eigenvalue weighted by atomic mass is 16.4. The number of nitrogens with one attached hydrogen (secondary N) is 5. The van der Waals surface area contributed by atoms with Crippen molar-refractivity contribution in [3.63, 3.8) is 0 Å². The number of H-pyrrole nitrogens is 2. The molecule has 4 rings (SSSR count). The smallest absolute Gasteiger partial charge is 0.326 e. The summed E-state index contributed by atoms with van der Waals surface area (Å²) in [6.45, 7) is 1.40. The second-order valence-electron chi connectivity index (χ2n) is 10.4. The second-order valence-corrected chi connectivity index (χ2v) is 10.4. The van der Waals surface area contributed by atoms with E-state index in [0.29, 0.717) is 5.56 Å². The molecule has 226 valence electrons. The van der Waals surface area contributed by atoms with E-state index in [-0.39, 0.29) is 19.3 Å². The molecule has 4 atom stereocenters. The van der Waals surface area contributed by atoms with Crippen molar-refractivity contribution in [2.75, 3.05) is 0 Å². The van der Waals surface area contributed by atoms with Crippen molar-refractivity contribution >= 4 is 51.5 Å². The maximum Gasteiger partial charge on any atom is 0.326 e. The molecule has 2 aromatic carbocycles. The van der Waals surface area contributed by atoms with E-state index in [1.165, 1.54) is 6.92 Å². The summed E-state index contributed by atoms with van der Waals surface area (Å²) in [6, 6.07) is 10.0. The van der Waals surface area contributed by atoms with Gasteiger partial charge in [-0.15, -0.1) is 0 Å². The number of aliphatic carboxylic acids is 2. The van der Waals surface area contributed by atoms with Gasteiger partial charge in [0.2, 0.25) is 17.7 Å². The molecule has 13 nitrogen and oxygen atoms in total. The van der Waals surface area contributed by atoms with E-state index in [4.69, 9.17) is 10.8 Å². The Kier molecular flexibility index (Phi) is 9.78. The number of benzene rings is 2. The molecule has 9 N–H and O–H groups in total. The van der Waals surface area contributed by atoms with Gasteiger partial charge < -0.3 is 41.9 Å². The van der Waals surface area contributed by atoms with Crippen LogP contribution in [0.25, 0.3) is 21.8 Å². The molecule has 0 aliphatic rings. The zero-order valence-electron chi connectivity index (χ0n) is 23.4. The van der Waals surface area contributed by atoms with Gasteiger partial charge in [0.15, 0.2) is 0 Å². The largest absolute Gasteiger partial charge is 0.481 e. The summed E-state index contributed by atoms with van der Waals surface area (Å²) in [4.78, 5) is 68.3. The van der Waals surface area contributed by atoms with E-state index in [1.807, 2.05) is 42.5 Å². The first-order valence-electron chi connectivity index (χ1n) is 13.7. The van der Waals surface area contributed by atoms with Crippen LogP contribution in [-0.2, 0) is 36.8 Å². The van der Waals surface area contributed by atoms with Crippen molar-refractivity contribution in [2.45, 2.75) is 56.8 Å². The molecule has 43 heavy (non-hydrogen) atoms. The lowest BCUT2D eigenvalue weighted by atomic mass is 10.0. The van der Waals surface area contributed by atoms with Crippen LogP contribution in [0.15, 0.2) is 60.9 Å². The Hall–Kier alpha value is -5.17. The lowest BCUT2D eigenvalue weighted by Gasteiger charge is -2.23. The number of carbonyl (C=O) groups excluding carboxylic acids is 3. The molecule has 0 aliphatic heterocycles. The summed E-state index contributed by atoms with van der Waals surface area (Å²) in [5.74, 6) is -4.72. The summed E-state index contributed by atoms with van der Waals surface area (Å²) < 4.78 is 0. The van der Waals surface area contributed by atoms with Gasteiger partial charge in [0.25, 0.3) is 0 Å². The number of aromatic nitrogens is 2. The molecule has 13 heteroatoms. The second kappa shape index (κ2) is 13.7. The molecule has 0 radical (unpaired) electrons. The van der Waals surface area contributed by atoms with Crippen LogP contribution in [0.3, 0.4) is 0 Å².